The summed E-state index contributed by atoms with van der Waals surface area (Å²) in [5.74, 6) is 1.29. The van der Waals surface area contributed by atoms with Gasteiger partial charge in [-0.25, -0.2) is 0 Å². The number of rotatable bonds is 3. The first kappa shape index (κ1) is 11.7. The Labute approximate surface area is 99.4 Å². The average Bonchev–Trinajstić information content (AvgIpc) is 2.71. The highest BCUT2D eigenvalue weighted by Crippen LogP contribution is 2.22. The van der Waals surface area contributed by atoms with E-state index in [0.29, 0.717) is 24.2 Å². The third-order valence-electron chi connectivity index (χ3n) is 2.90. The highest BCUT2D eigenvalue weighted by molar-refractivity contribution is 6.17. The molecule has 2 heterocycles. The third-order valence-corrected chi connectivity index (χ3v) is 3.08. The Kier molecular flexibility index (Phi) is 3.66. The second-order valence-corrected chi connectivity index (χ2v) is 4.57. The van der Waals surface area contributed by atoms with Gasteiger partial charge in [0.1, 0.15) is 0 Å². The Balaban J connectivity index is 2.01. The Morgan fingerprint density at radius 1 is 1.56 bits per heavy atom. The standard InChI is InChI=1S/C10H16ClN3O2/c1-7-6-14(5-3-8(7)15)10-13-12-9(16-10)2-4-11/h7-8,15H,2-6H2,1H3. The molecule has 0 radical (unpaired) electrons. The number of aromatic nitrogens is 2. The lowest BCUT2D eigenvalue weighted by atomic mass is 9.97. The van der Waals surface area contributed by atoms with Gasteiger partial charge in [-0.15, -0.1) is 16.7 Å². The zero-order valence-corrected chi connectivity index (χ0v) is 10.0. The first-order valence-corrected chi connectivity index (χ1v) is 6.05. The number of aliphatic hydroxyl groups is 1. The average molecular weight is 246 g/mol. The summed E-state index contributed by atoms with van der Waals surface area (Å²) in [7, 11) is 0. The van der Waals surface area contributed by atoms with Gasteiger partial charge in [-0.1, -0.05) is 12.0 Å². The maximum absolute atomic E-state index is 9.62. The number of alkyl halides is 1. The summed E-state index contributed by atoms with van der Waals surface area (Å²) in [5, 5.41) is 17.5. The van der Waals surface area contributed by atoms with Crippen LogP contribution in [0.3, 0.4) is 0 Å². The van der Waals surface area contributed by atoms with E-state index in [1.807, 2.05) is 11.8 Å². The lowest BCUT2D eigenvalue weighted by Gasteiger charge is -2.32. The fourth-order valence-electron chi connectivity index (χ4n) is 1.86. The molecule has 1 aromatic rings. The monoisotopic (exact) mass is 245 g/mol. The maximum Gasteiger partial charge on any atom is 0.318 e. The van der Waals surface area contributed by atoms with E-state index in [1.165, 1.54) is 0 Å². The molecule has 0 aromatic carbocycles. The van der Waals surface area contributed by atoms with Crippen molar-refractivity contribution >= 4 is 17.6 Å². The van der Waals surface area contributed by atoms with Crippen LogP contribution in [0.5, 0.6) is 0 Å². The van der Waals surface area contributed by atoms with Crippen molar-refractivity contribution in [1.82, 2.24) is 10.2 Å². The molecule has 90 valence electrons. The molecule has 6 heteroatoms. The van der Waals surface area contributed by atoms with Gasteiger partial charge in [0, 0.05) is 25.4 Å². The van der Waals surface area contributed by atoms with Gasteiger partial charge < -0.3 is 14.4 Å². The number of aryl methyl sites for hydroxylation is 1. The number of anilines is 1. The molecule has 1 aliphatic heterocycles. The van der Waals surface area contributed by atoms with E-state index in [4.69, 9.17) is 16.0 Å². The van der Waals surface area contributed by atoms with Crippen molar-refractivity contribution in [3.63, 3.8) is 0 Å². The highest BCUT2D eigenvalue weighted by atomic mass is 35.5. The predicted octanol–water partition coefficient (Wildman–Crippen LogP) is 1.06. The van der Waals surface area contributed by atoms with Gasteiger partial charge in [0.15, 0.2) is 0 Å². The Morgan fingerprint density at radius 2 is 2.38 bits per heavy atom. The molecule has 1 aliphatic rings. The van der Waals surface area contributed by atoms with Crippen LogP contribution in [0, 0.1) is 5.92 Å². The van der Waals surface area contributed by atoms with Crippen LogP contribution in [0.4, 0.5) is 6.01 Å². The van der Waals surface area contributed by atoms with Crippen molar-refractivity contribution < 1.29 is 9.52 Å². The van der Waals surface area contributed by atoms with E-state index in [9.17, 15) is 5.11 Å². The van der Waals surface area contributed by atoms with E-state index >= 15 is 0 Å². The number of hydrogen-bond donors (Lipinski definition) is 1. The molecular weight excluding hydrogens is 230 g/mol. The number of aliphatic hydroxyl groups excluding tert-OH is 1. The lowest BCUT2D eigenvalue weighted by Crippen LogP contribution is -2.42. The minimum atomic E-state index is -0.221. The highest BCUT2D eigenvalue weighted by Gasteiger charge is 2.27. The van der Waals surface area contributed by atoms with Crippen molar-refractivity contribution in [3.8, 4) is 0 Å². The van der Waals surface area contributed by atoms with Crippen LogP contribution in [0.1, 0.15) is 19.2 Å². The molecule has 0 saturated carbocycles. The normalized spacial score (nSPS) is 26.1. The molecule has 2 rings (SSSR count). The molecule has 1 aromatic heterocycles. The van der Waals surface area contributed by atoms with Crippen molar-refractivity contribution in [2.75, 3.05) is 23.9 Å². The van der Waals surface area contributed by atoms with Gasteiger partial charge in [-0.2, -0.15) is 0 Å². The Morgan fingerprint density at radius 3 is 3.06 bits per heavy atom. The number of nitrogens with zero attached hydrogens (tertiary/aromatic N) is 3. The molecular formula is C10H16ClN3O2. The van der Waals surface area contributed by atoms with Crippen LogP contribution in [0.2, 0.25) is 0 Å². The molecule has 1 fully saturated rings. The quantitative estimate of drug-likeness (QED) is 0.807. The number of hydrogen-bond acceptors (Lipinski definition) is 5. The Hall–Kier alpha value is -0.810. The second kappa shape index (κ2) is 5.01. The van der Waals surface area contributed by atoms with Crippen molar-refractivity contribution in [2.24, 2.45) is 5.92 Å². The SMILES string of the molecule is CC1CN(c2nnc(CCCl)o2)CCC1O. The first-order valence-electron chi connectivity index (χ1n) is 5.52. The maximum atomic E-state index is 9.62. The predicted molar refractivity (Wildman–Crippen MR) is 60.7 cm³/mol. The molecule has 2 atom stereocenters. The largest absolute Gasteiger partial charge is 0.408 e. The molecule has 5 nitrogen and oxygen atoms in total. The van der Waals surface area contributed by atoms with Crippen LogP contribution in [0.25, 0.3) is 0 Å². The molecule has 16 heavy (non-hydrogen) atoms. The molecule has 0 amide bonds. The van der Waals surface area contributed by atoms with Crippen LogP contribution in [0.15, 0.2) is 4.42 Å². The summed E-state index contributed by atoms with van der Waals surface area (Å²) in [5.41, 5.74) is 0. The molecule has 2 unspecified atom stereocenters. The molecule has 1 N–H and O–H groups in total. The zero-order chi connectivity index (χ0) is 11.5. The van der Waals surface area contributed by atoms with Crippen LogP contribution in [-0.2, 0) is 6.42 Å². The third kappa shape index (κ3) is 2.47. The van der Waals surface area contributed by atoms with Crippen molar-refractivity contribution in [3.05, 3.63) is 5.89 Å². The van der Waals surface area contributed by atoms with E-state index in [-0.39, 0.29) is 12.0 Å². The van der Waals surface area contributed by atoms with Gasteiger partial charge in [-0.05, 0) is 12.3 Å². The smallest absolute Gasteiger partial charge is 0.318 e. The van der Waals surface area contributed by atoms with Gasteiger partial charge >= 0.3 is 6.01 Å². The summed E-state index contributed by atoms with van der Waals surface area (Å²) in [6.45, 7) is 3.53. The van der Waals surface area contributed by atoms with Crippen LogP contribution in [-0.4, -0.2) is 40.4 Å². The summed E-state index contributed by atoms with van der Waals surface area (Å²) in [6.07, 6.45) is 1.12. The second-order valence-electron chi connectivity index (χ2n) is 4.20. The van der Waals surface area contributed by atoms with Crippen molar-refractivity contribution in [2.45, 2.75) is 25.9 Å². The molecule has 1 saturated heterocycles. The Bertz CT molecular complexity index is 345. The summed E-state index contributed by atoms with van der Waals surface area (Å²) >= 11 is 5.60. The molecule has 0 aliphatic carbocycles. The van der Waals surface area contributed by atoms with Crippen LogP contribution < -0.4 is 4.90 Å². The van der Waals surface area contributed by atoms with Gasteiger partial charge in [0.25, 0.3) is 0 Å². The minimum Gasteiger partial charge on any atom is -0.408 e. The fraction of sp³-hybridized carbons (Fsp3) is 0.800. The van der Waals surface area contributed by atoms with E-state index < -0.39 is 0 Å². The summed E-state index contributed by atoms with van der Waals surface area (Å²) in [6, 6.07) is 0.541. The first-order chi connectivity index (χ1) is 7.70. The topological polar surface area (TPSA) is 62.4 Å². The molecule has 0 bridgehead atoms. The zero-order valence-electron chi connectivity index (χ0n) is 9.27. The van der Waals surface area contributed by atoms with E-state index in [1.54, 1.807) is 0 Å². The summed E-state index contributed by atoms with van der Waals surface area (Å²) in [4.78, 5) is 2.02. The van der Waals surface area contributed by atoms with E-state index in [2.05, 4.69) is 10.2 Å². The lowest BCUT2D eigenvalue weighted by molar-refractivity contribution is 0.0956. The van der Waals surface area contributed by atoms with Gasteiger partial charge in [0.05, 0.1) is 6.10 Å². The van der Waals surface area contributed by atoms with Gasteiger partial charge in [0.2, 0.25) is 5.89 Å². The number of halogens is 1. The fourth-order valence-corrected chi connectivity index (χ4v) is 2.02. The van der Waals surface area contributed by atoms with Gasteiger partial charge in [-0.3, -0.25) is 0 Å². The number of piperidine rings is 1. The molecule has 0 spiro atoms. The van der Waals surface area contributed by atoms with Crippen LogP contribution >= 0.6 is 11.6 Å². The summed E-state index contributed by atoms with van der Waals surface area (Å²) < 4.78 is 5.48. The van der Waals surface area contributed by atoms with E-state index in [0.717, 1.165) is 19.5 Å². The van der Waals surface area contributed by atoms with Crippen molar-refractivity contribution in [1.29, 1.82) is 0 Å². The minimum absolute atomic E-state index is 0.221.